The number of hydrogen-bond acceptors (Lipinski definition) is 3. The normalized spacial score (nSPS) is 10.2. The van der Waals surface area contributed by atoms with Gasteiger partial charge < -0.3 is 15.3 Å². The Labute approximate surface area is 105 Å². The second kappa shape index (κ2) is 12.9. The molecule has 3 heteroatoms. The Morgan fingerprint density at radius 3 is 2.00 bits per heavy atom. The van der Waals surface area contributed by atoms with Gasteiger partial charge in [-0.1, -0.05) is 43.7 Å². The second-order valence-corrected chi connectivity index (χ2v) is 3.40. The first-order chi connectivity index (χ1) is 8.13. The minimum Gasteiger partial charge on any atom is -0.388 e. The lowest BCUT2D eigenvalue weighted by atomic mass is 10.1. The van der Waals surface area contributed by atoms with Gasteiger partial charge in [-0.25, -0.2) is 0 Å². The average molecular weight is 239 g/mol. The molecule has 17 heavy (non-hydrogen) atoms. The summed E-state index contributed by atoms with van der Waals surface area (Å²) < 4.78 is 4.25. The summed E-state index contributed by atoms with van der Waals surface area (Å²) in [7, 11) is 3.25. The predicted molar refractivity (Wildman–Crippen MR) is 73.2 cm³/mol. The van der Waals surface area contributed by atoms with Crippen molar-refractivity contribution in [3.8, 4) is 0 Å². The standard InChI is InChI=1S/C10H13NO.C2H6O.C2H6/c1-8-2-4-9(5-3-8)6-10(11)7-12;1-3-2;1-2/h2-5,7,10H,6,11H2,1H3;1-2H3;1-2H3. The molecule has 3 nitrogen and oxygen atoms in total. The fourth-order valence-corrected chi connectivity index (χ4v) is 1.04. The predicted octanol–water partition coefficient (Wildman–Crippen LogP) is 2.35. The maximum Gasteiger partial charge on any atom is 0.137 e. The molecule has 0 saturated heterocycles. The van der Waals surface area contributed by atoms with E-state index in [-0.39, 0.29) is 6.04 Å². The average Bonchev–Trinajstić information content (AvgIpc) is 2.35. The van der Waals surface area contributed by atoms with Gasteiger partial charge in [0.1, 0.15) is 6.29 Å². The number of methoxy groups -OCH3 is 1. The van der Waals surface area contributed by atoms with Crippen molar-refractivity contribution in [2.24, 2.45) is 5.73 Å². The van der Waals surface area contributed by atoms with E-state index in [2.05, 4.69) is 4.74 Å². The van der Waals surface area contributed by atoms with Crippen molar-refractivity contribution in [2.75, 3.05) is 14.2 Å². The van der Waals surface area contributed by atoms with Gasteiger partial charge in [-0.2, -0.15) is 0 Å². The number of benzene rings is 1. The van der Waals surface area contributed by atoms with Crippen LogP contribution in [-0.2, 0) is 16.0 Å². The highest BCUT2D eigenvalue weighted by atomic mass is 16.4. The lowest BCUT2D eigenvalue weighted by molar-refractivity contribution is -0.108. The summed E-state index contributed by atoms with van der Waals surface area (Å²) in [4.78, 5) is 10.3. The first-order valence-electron chi connectivity index (χ1n) is 5.80. The van der Waals surface area contributed by atoms with E-state index in [9.17, 15) is 4.79 Å². The topological polar surface area (TPSA) is 52.3 Å². The summed E-state index contributed by atoms with van der Waals surface area (Å²) in [6, 6.07) is 7.67. The number of carbonyl (C=O) groups is 1. The Bertz CT molecular complexity index is 270. The van der Waals surface area contributed by atoms with Crippen molar-refractivity contribution in [1.29, 1.82) is 0 Å². The number of rotatable bonds is 3. The second-order valence-electron chi connectivity index (χ2n) is 3.40. The molecule has 0 aliphatic rings. The highest BCUT2D eigenvalue weighted by molar-refractivity contribution is 5.57. The number of aryl methyl sites for hydroxylation is 1. The number of aldehydes is 1. The molecule has 1 rings (SSSR count). The van der Waals surface area contributed by atoms with Crippen molar-refractivity contribution >= 4 is 6.29 Å². The van der Waals surface area contributed by atoms with Crippen LogP contribution in [-0.4, -0.2) is 26.5 Å². The Morgan fingerprint density at radius 2 is 1.65 bits per heavy atom. The third kappa shape index (κ3) is 11.1. The van der Waals surface area contributed by atoms with E-state index in [1.807, 2.05) is 45.0 Å². The maximum atomic E-state index is 10.3. The Balaban J connectivity index is 0. The summed E-state index contributed by atoms with van der Waals surface area (Å²) in [5, 5.41) is 0. The number of hydrogen-bond donors (Lipinski definition) is 1. The number of carbonyl (C=O) groups excluding carboxylic acids is 1. The number of ether oxygens (including phenoxy) is 1. The van der Waals surface area contributed by atoms with Gasteiger partial charge in [0.2, 0.25) is 0 Å². The summed E-state index contributed by atoms with van der Waals surface area (Å²) in [5.41, 5.74) is 7.81. The van der Waals surface area contributed by atoms with E-state index >= 15 is 0 Å². The van der Waals surface area contributed by atoms with E-state index in [1.54, 1.807) is 14.2 Å². The zero-order valence-electron chi connectivity index (χ0n) is 11.6. The lowest BCUT2D eigenvalue weighted by Gasteiger charge is -2.03. The van der Waals surface area contributed by atoms with Gasteiger partial charge in [-0.3, -0.25) is 0 Å². The molecule has 0 saturated carbocycles. The van der Waals surface area contributed by atoms with Gasteiger partial charge in [-0.15, -0.1) is 0 Å². The molecule has 1 aromatic carbocycles. The molecule has 0 amide bonds. The first kappa shape index (κ1) is 18.2. The van der Waals surface area contributed by atoms with Gasteiger partial charge in [0.25, 0.3) is 0 Å². The molecule has 0 bridgehead atoms. The molecule has 98 valence electrons. The summed E-state index contributed by atoms with van der Waals surface area (Å²) in [5.74, 6) is 0. The molecule has 0 spiro atoms. The monoisotopic (exact) mass is 239 g/mol. The molecule has 0 aromatic heterocycles. The highest BCUT2D eigenvalue weighted by Gasteiger charge is 2.00. The van der Waals surface area contributed by atoms with Crippen LogP contribution in [0.3, 0.4) is 0 Å². The van der Waals surface area contributed by atoms with Gasteiger partial charge >= 0.3 is 0 Å². The van der Waals surface area contributed by atoms with Crippen LogP contribution < -0.4 is 5.73 Å². The largest absolute Gasteiger partial charge is 0.388 e. The van der Waals surface area contributed by atoms with Gasteiger partial charge in [-0.05, 0) is 18.9 Å². The van der Waals surface area contributed by atoms with Gasteiger partial charge in [0.05, 0.1) is 6.04 Å². The van der Waals surface area contributed by atoms with Crippen LogP contribution in [0.15, 0.2) is 24.3 Å². The van der Waals surface area contributed by atoms with Crippen LogP contribution in [0.2, 0.25) is 0 Å². The summed E-state index contributed by atoms with van der Waals surface area (Å²) in [6.07, 6.45) is 1.41. The summed E-state index contributed by atoms with van der Waals surface area (Å²) >= 11 is 0. The Kier molecular flexibility index (Phi) is 13.8. The van der Waals surface area contributed by atoms with E-state index in [4.69, 9.17) is 5.73 Å². The minimum absolute atomic E-state index is 0.368. The van der Waals surface area contributed by atoms with Crippen LogP contribution in [0.1, 0.15) is 25.0 Å². The van der Waals surface area contributed by atoms with Crippen LogP contribution in [0, 0.1) is 6.92 Å². The minimum atomic E-state index is -0.368. The van der Waals surface area contributed by atoms with E-state index in [0.717, 1.165) is 11.8 Å². The molecule has 0 aliphatic carbocycles. The van der Waals surface area contributed by atoms with Gasteiger partial charge in [0, 0.05) is 14.2 Å². The van der Waals surface area contributed by atoms with E-state index < -0.39 is 0 Å². The van der Waals surface area contributed by atoms with Crippen LogP contribution in [0.5, 0.6) is 0 Å². The van der Waals surface area contributed by atoms with Crippen LogP contribution in [0.4, 0.5) is 0 Å². The number of nitrogens with two attached hydrogens (primary N) is 1. The van der Waals surface area contributed by atoms with Gasteiger partial charge in [0.15, 0.2) is 0 Å². The quantitative estimate of drug-likeness (QED) is 0.824. The summed E-state index contributed by atoms with van der Waals surface area (Å²) in [6.45, 7) is 6.03. The van der Waals surface area contributed by atoms with Crippen molar-refractivity contribution in [3.63, 3.8) is 0 Å². The third-order valence-corrected chi connectivity index (χ3v) is 1.77. The fourth-order valence-electron chi connectivity index (χ4n) is 1.04. The SMILES string of the molecule is CC.COC.Cc1ccc(CC(N)C=O)cc1. The first-order valence-corrected chi connectivity index (χ1v) is 5.80. The maximum absolute atomic E-state index is 10.3. The molecular formula is C14H25NO2. The Hall–Kier alpha value is -1.19. The highest BCUT2D eigenvalue weighted by Crippen LogP contribution is 2.04. The molecule has 0 heterocycles. The smallest absolute Gasteiger partial charge is 0.137 e. The molecule has 0 fully saturated rings. The zero-order valence-corrected chi connectivity index (χ0v) is 11.6. The fraction of sp³-hybridized carbons (Fsp3) is 0.500. The van der Waals surface area contributed by atoms with Crippen molar-refractivity contribution in [2.45, 2.75) is 33.2 Å². The Morgan fingerprint density at radius 1 is 1.24 bits per heavy atom. The van der Waals surface area contributed by atoms with Crippen molar-refractivity contribution in [1.82, 2.24) is 0 Å². The van der Waals surface area contributed by atoms with Crippen LogP contribution >= 0.6 is 0 Å². The molecular weight excluding hydrogens is 214 g/mol. The van der Waals surface area contributed by atoms with Crippen LogP contribution in [0.25, 0.3) is 0 Å². The molecule has 2 N–H and O–H groups in total. The molecule has 1 atom stereocenters. The van der Waals surface area contributed by atoms with Crippen molar-refractivity contribution in [3.05, 3.63) is 35.4 Å². The molecule has 1 aromatic rings. The zero-order chi connectivity index (χ0) is 13.7. The van der Waals surface area contributed by atoms with E-state index in [1.165, 1.54) is 5.56 Å². The third-order valence-electron chi connectivity index (χ3n) is 1.77. The van der Waals surface area contributed by atoms with E-state index in [0.29, 0.717) is 6.42 Å². The van der Waals surface area contributed by atoms with Crippen molar-refractivity contribution < 1.29 is 9.53 Å². The molecule has 0 aliphatic heterocycles. The molecule has 1 unspecified atom stereocenters. The molecule has 0 radical (unpaired) electrons. The lowest BCUT2D eigenvalue weighted by Crippen LogP contribution is -2.23.